The van der Waals surface area contributed by atoms with Crippen molar-refractivity contribution in [1.82, 2.24) is 0 Å². The molecule has 190 valence electrons. The Morgan fingerprint density at radius 3 is 2.39 bits per heavy atom. The number of nitrogens with two attached hydrogens (primary N) is 1. The first-order chi connectivity index (χ1) is 17.2. The highest BCUT2D eigenvalue weighted by molar-refractivity contribution is 6.04. The van der Waals surface area contributed by atoms with Gasteiger partial charge in [-0.3, -0.25) is 19.8 Å². The van der Waals surface area contributed by atoms with Crippen LogP contribution in [0.2, 0.25) is 0 Å². The van der Waals surface area contributed by atoms with Crippen molar-refractivity contribution in [2.24, 2.45) is 5.73 Å². The zero-order valence-corrected chi connectivity index (χ0v) is 18.9. The first-order valence-corrected chi connectivity index (χ1v) is 10.9. The summed E-state index contributed by atoms with van der Waals surface area (Å²) in [5.41, 5.74) is 5.04. The van der Waals surface area contributed by atoms with E-state index in [1.165, 1.54) is 9.80 Å². The number of benzene rings is 2. The molecule has 13 heteroatoms. The molecule has 0 unspecified atom stereocenters. The van der Waals surface area contributed by atoms with Gasteiger partial charge in [-0.2, -0.15) is 0 Å². The topological polar surface area (TPSA) is 158 Å². The normalized spacial score (nSPS) is 19.2. The number of anilines is 3. The molecule has 2 aromatic carbocycles. The second-order valence-electron chi connectivity index (χ2n) is 8.06. The van der Waals surface area contributed by atoms with Crippen molar-refractivity contribution in [3.8, 4) is 0 Å². The third-order valence-corrected chi connectivity index (χ3v) is 5.70. The molecule has 0 saturated carbocycles. The third kappa shape index (κ3) is 5.03. The lowest BCUT2D eigenvalue weighted by molar-refractivity contribution is -0.150. The molecule has 2 fully saturated rings. The molecule has 2 saturated heterocycles. The van der Waals surface area contributed by atoms with E-state index in [9.17, 15) is 28.3 Å². The third-order valence-electron chi connectivity index (χ3n) is 5.70. The fourth-order valence-electron chi connectivity index (χ4n) is 3.96. The molecule has 0 aliphatic carbocycles. The van der Waals surface area contributed by atoms with Crippen molar-refractivity contribution >= 4 is 40.6 Å². The fourth-order valence-corrected chi connectivity index (χ4v) is 3.96. The molecule has 2 aliphatic rings. The van der Waals surface area contributed by atoms with Crippen LogP contribution in [0.4, 0.5) is 25.8 Å². The predicted octanol–water partition coefficient (Wildman–Crippen LogP) is 0.343. The smallest absolute Gasteiger partial charge is 0.259 e. The van der Waals surface area contributed by atoms with Gasteiger partial charge in [-0.25, -0.2) is 8.78 Å². The summed E-state index contributed by atoms with van der Waals surface area (Å²) in [7, 11) is 0. The summed E-state index contributed by atoms with van der Waals surface area (Å²) < 4.78 is 38.6. The van der Waals surface area contributed by atoms with Crippen molar-refractivity contribution in [3.63, 3.8) is 0 Å². The van der Waals surface area contributed by atoms with Gasteiger partial charge >= 0.3 is 0 Å². The summed E-state index contributed by atoms with van der Waals surface area (Å²) in [6, 6.07) is 8.13. The molecule has 2 heterocycles. The average Bonchev–Trinajstić information content (AvgIpc) is 2.83. The number of rotatable bonds is 6. The summed E-state index contributed by atoms with van der Waals surface area (Å²) in [5.74, 6) is -5.24. The zero-order valence-electron chi connectivity index (χ0n) is 18.9. The second-order valence-corrected chi connectivity index (χ2v) is 8.06. The minimum Gasteiger partial charge on any atom is -0.384 e. The monoisotopic (exact) mass is 503 g/mol. The average molecular weight is 503 g/mol. The number of carbonyl (C=O) groups excluding carboxylic acids is 3. The number of carbonyl (C=O) groups is 3. The maximum Gasteiger partial charge on any atom is 0.259 e. The number of hydrogen-bond donors (Lipinski definition) is 4. The van der Waals surface area contributed by atoms with E-state index in [2.05, 4.69) is 5.32 Å². The van der Waals surface area contributed by atoms with E-state index in [1.807, 2.05) is 0 Å². The van der Waals surface area contributed by atoms with Crippen LogP contribution < -0.4 is 20.9 Å². The van der Waals surface area contributed by atoms with Gasteiger partial charge in [0.25, 0.3) is 17.7 Å². The molecule has 2 aromatic rings. The summed E-state index contributed by atoms with van der Waals surface area (Å²) in [5, 5.41) is 19.9. The van der Waals surface area contributed by atoms with Crippen LogP contribution in [0.1, 0.15) is 5.56 Å². The molecule has 3 amide bonds. The molecule has 4 rings (SSSR count). The predicted molar refractivity (Wildman–Crippen MR) is 124 cm³/mol. The SMILES string of the molecule is N=C(N)c1c(F)cc(NC(=O)[C@H](O)[C@H]2OCCN(c3cccc(N4CCOCC4=O)c3)C2=O)cc1F. The number of aliphatic hydroxyl groups excluding tert-OH is 1. The van der Waals surface area contributed by atoms with Crippen molar-refractivity contribution in [2.75, 3.05) is 48.0 Å². The molecule has 0 radical (unpaired) electrons. The molecular weight excluding hydrogens is 480 g/mol. The Balaban J connectivity index is 1.49. The van der Waals surface area contributed by atoms with Crippen LogP contribution in [0.5, 0.6) is 0 Å². The quantitative estimate of drug-likeness (QED) is 0.327. The van der Waals surface area contributed by atoms with E-state index in [0.29, 0.717) is 24.5 Å². The van der Waals surface area contributed by atoms with E-state index >= 15 is 0 Å². The minimum absolute atomic E-state index is 0.00196. The fraction of sp³-hybridized carbons (Fsp3) is 0.304. The van der Waals surface area contributed by atoms with Gasteiger partial charge in [-0.05, 0) is 30.3 Å². The Hall–Kier alpha value is -3.94. The van der Waals surface area contributed by atoms with Gasteiger partial charge in [0, 0.05) is 30.2 Å². The van der Waals surface area contributed by atoms with Crippen molar-refractivity contribution in [1.29, 1.82) is 5.41 Å². The number of morpholine rings is 2. The second kappa shape index (κ2) is 10.4. The molecule has 5 N–H and O–H groups in total. The largest absolute Gasteiger partial charge is 0.384 e. The number of ether oxygens (including phenoxy) is 2. The van der Waals surface area contributed by atoms with Crippen LogP contribution in [0, 0.1) is 17.0 Å². The van der Waals surface area contributed by atoms with E-state index in [1.54, 1.807) is 24.3 Å². The van der Waals surface area contributed by atoms with Gasteiger partial charge in [-0.1, -0.05) is 6.07 Å². The number of nitrogens with zero attached hydrogens (tertiary/aromatic N) is 2. The molecule has 36 heavy (non-hydrogen) atoms. The van der Waals surface area contributed by atoms with Crippen LogP contribution in [-0.4, -0.2) is 73.8 Å². The Bertz CT molecular complexity index is 1200. The standard InChI is InChI=1S/C23H23F2N5O6/c24-15-8-12(9-16(25)18(15)21(26)27)28-22(33)19(32)20-23(34)30(5-7-36-20)14-3-1-2-13(10-14)29-4-6-35-11-17(29)31/h1-3,8-10,19-20,32H,4-7,11H2,(H3,26,27)(H,28,33)/t19-,20-/m1/s1. The summed E-state index contributed by atoms with van der Waals surface area (Å²) in [4.78, 5) is 40.7. The number of amidine groups is 1. The van der Waals surface area contributed by atoms with Gasteiger partial charge in [0.2, 0.25) is 0 Å². The van der Waals surface area contributed by atoms with Gasteiger partial charge in [-0.15, -0.1) is 0 Å². The molecule has 2 aliphatic heterocycles. The number of hydrogen-bond acceptors (Lipinski definition) is 7. The Morgan fingerprint density at radius 1 is 1.11 bits per heavy atom. The molecule has 0 spiro atoms. The van der Waals surface area contributed by atoms with Crippen molar-refractivity contribution in [2.45, 2.75) is 12.2 Å². The molecular formula is C23H23F2N5O6. The van der Waals surface area contributed by atoms with E-state index in [4.69, 9.17) is 20.6 Å². The lowest BCUT2D eigenvalue weighted by Gasteiger charge is -2.35. The first-order valence-electron chi connectivity index (χ1n) is 10.9. The van der Waals surface area contributed by atoms with Crippen molar-refractivity contribution in [3.05, 3.63) is 53.6 Å². The molecule has 11 nitrogen and oxygen atoms in total. The molecule has 0 aromatic heterocycles. The Kier molecular flexibility index (Phi) is 7.24. The maximum atomic E-state index is 14.1. The van der Waals surface area contributed by atoms with E-state index in [0.717, 1.165) is 12.1 Å². The van der Waals surface area contributed by atoms with E-state index in [-0.39, 0.29) is 31.4 Å². The highest BCUT2D eigenvalue weighted by Gasteiger charge is 2.39. The Morgan fingerprint density at radius 2 is 1.75 bits per heavy atom. The highest BCUT2D eigenvalue weighted by atomic mass is 19.1. The first kappa shape index (κ1) is 25.2. The number of nitrogen functional groups attached to an aromatic ring is 1. The van der Waals surface area contributed by atoms with Crippen LogP contribution in [0.25, 0.3) is 0 Å². The highest BCUT2D eigenvalue weighted by Crippen LogP contribution is 2.27. The zero-order chi connectivity index (χ0) is 26.0. The van der Waals surface area contributed by atoms with Crippen LogP contribution in [-0.2, 0) is 23.9 Å². The number of nitrogens with one attached hydrogen (secondary N) is 2. The van der Waals surface area contributed by atoms with Crippen LogP contribution in [0.15, 0.2) is 36.4 Å². The van der Waals surface area contributed by atoms with E-state index < -0.39 is 47.1 Å². The maximum absolute atomic E-state index is 14.1. The molecule has 2 atom stereocenters. The summed E-state index contributed by atoms with van der Waals surface area (Å²) in [6.45, 7) is 0.817. The number of halogens is 2. The summed E-state index contributed by atoms with van der Waals surface area (Å²) in [6.07, 6.45) is -3.58. The lowest BCUT2D eigenvalue weighted by atomic mass is 10.1. The number of amides is 3. The van der Waals surface area contributed by atoms with Gasteiger partial charge in [0.1, 0.15) is 24.1 Å². The number of aliphatic hydroxyl groups is 1. The molecule has 0 bridgehead atoms. The van der Waals surface area contributed by atoms with Crippen LogP contribution >= 0.6 is 0 Å². The van der Waals surface area contributed by atoms with Gasteiger partial charge < -0.3 is 35.4 Å². The summed E-state index contributed by atoms with van der Waals surface area (Å²) >= 11 is 0. The Labute approximate surface area is 203 Å². The van der Waals surface area contributed by atoms with Gasteiger partial charge in [0.15, 0.2) is 12.2 Å². The lowest BCUT2D eigenvalue weighted by Crippen LogP contribution is -2.55. The van der Waals surface area contributed by atoms with Crippen LogP contribution in [0.3, 0.4) is 0 Å². The van der Waals surface area contributed by atoms with Crippen molar-refractivity contribution < 1.29 is 37.7 Å². The minimum atomic E-state index is -2.00. The van der Waals surface area contributed by atoms with Gasteiger partial charge in [0.05, 0.1) is 18.8 Å².